The second kappa shape index (κ2) is 6.48. The summed E-state index contributed by atoms with van der Waals surface area (Å²) in [5.74, 6) is 0.178. The molecule has 0 unspecified atom stereocenters. The first kappa shape index (κ1) is 15.0. The van der Waals surface area contributed by atoms with Gasteiger partial charge in [-0.2, -0.15) is 0 Å². The van der Waals surface area contributed by atoms with Crippen molar-refractivity contribution in [1.29, 1.82) is 0 Å². The van der Waals surface area contributed by atoms with E-state index in [0.29, 0.717) is 18.5 Å². The normalized spacial score (nSPS) is 14.6. The van der Waals surface area contributed by atoms with Gasteiger partial charge in [0.25, 0.3) is 0 Å². The molecule has 1 fully saturated rings. The topological polar surface area (TPSA) is 57.6 Å². The van der Waals surface area contributed by atoms with Crippen LogP contribution in [0.15, 0.2) is 54.6 Å². The number of aromatic hydroxyl groups is 1. The van der Waals surface area contributed by atoms with Crippen LogP contribution >= 0.6 is 0 Å². The molecule has 0 aromatic heterocycles. The van der Waals surface area contributed by atoms with E-state index in [9.17, 15) is 14.7 Å². The number of rotatable bonds is 4. The molecule has 0 spiro atoms. The van der Waals surface area contributed by atoms with Crippen molar-refractivity contribution < 1.29 is 14.7 Å². The first-order valence-corrected chi connectivity index (χ1v) is 7.55. The Labute approximate surface area is 134 Å². The van der Waals surface area contributed by atoms with Crippen LogP contribution in [0.3, 0.4) is 0 Å². The van der Waals surface area contributed by atoms with Gasteiger partial charge in [0.2, 0.25) is 5.91 Å². The molecule has 23 heavy (non-hydrogen) atoms. The molecule has 4 heteroatoms. The van der Waals surface area contributed by atoms with E-state index < -0.39 is 0 Å². The zero-order chi connectivity index (χ0) is 16.2. The molecule has 1 N–H and O–H groups in total. The van der Waals surface area contributed by atoms with Crippen molar-refractivity contribution >= 4 is 23.5 Å². The standard InChI is InChI=1S/C19H17NO3/c21-17-9-6-14(7-10-17)8-11-18(22)15-3-1-4-16(13-15)20-12-2-5-19(20)23/h1,3-4,6-11,13,21H,2,5,12H2/b11-8+. The molecule has 0 saturated carbocycles. The molecule has 1 aliphatic heterocycles. The summed E-state index contributed by atoms with van der Waals surface area (Å²) in [7, 11) is 0. The van der Waals surface area contributed by atoms with Gasteiger partial charge in [-0.1, -0.05) is 30.3 Å². The molecule has 0 bridgehead atoms. The molecule has 0 aliphatic carbocycles. The first-order chi connectivity index (χ1) is 11.1. The van der Waals surface area contributed by atoms with E-state index in [2.05, 4.69) is 0 Å². The van der Waals surface area contributed by atoms with Crippen molar-refractivity contribution in [2.75, 3.05) is 11.4 Å². The highest BCUT2D eigenvalue weighted by Crippen LogP contribution is 2.22. The van der Waals surface area contributed by atoms with Crippen molar-refractivity contribution in [2.24, 2.45) is 0 Å². The molecule has 2 aromatic rings. The number of amides is 1. The van der Waals surface area contributed by atoms with E-state index in [1.54, 1.807) is 53.4 Å². The van der Waals surface area contributed by atoms with E-state index in [-0.39, 0.29) is 17.4 Å². The number of anilines is 1. The Morgan fingerprint density at radius 2 is 1.91 bits per heavy atom. The molecule has 3 rings (SSSR count). The van der Waals surface area contributed by atoms with E-state index >= 15 is 0 Å². The number of carbonyl (C=O) groups is 2. The van der Waals surface area contributed by atoms with Gasteiger partial charge in [0.05, 0.1) is 0 Å². The predicted octanol–water partition coefficient (Wildman–Crippen LogP) is 3.42. The van der Waals surface area contributed by atoms with Gasteiger partial charge in [0.15, 0.2) is 5.78 Å². The molecular formula is C19H17NO3. The number of allylic oxidation sites excluding steroid dienone is 1. The summed E-state index contributed by atoms with van der Waals surface area (Å²) in [4.78, 5) is 25.8. The number of carbonyl (C=O) groups excluding carboxylic acids is 2. The van der Waals surface area contributed by atoms with Crippen molar-refractivity contribution in [2.45, 2.75) is 12.8 Å². The maximum Gasteiger partial charge on any atom is 0.227 e. The number of nitrogens with zero attached hydrogens (tertiary/aromatic N) is 1. The van der Waals surface area contributed by atoms with Crippen LogP contribution in [0, 0.1) is 0 Å². The molecule has 0 atom stereocenters. The van der Waals surface area contributed by atoms with Crippen molar-refractivity contribution in [3.05, 3.63) is 65.7 Å². The lowest BCUT2D eigenvalue weighted by atomic mass is 10.1. The minimum atomic E-state index is -0.119. The molecular weight excluding hydrogens is 290 g/mol. The second-order valence-electron chi connectivity index (χ2n) is 5.49. The zero-order valence-corrected chi connectivity index (χ0v) is 12.6. The Hall–Kier alpha value is -2.88. The lowest BCUT2D eigenvalue weighted by Gasteiger charge is -2.16. The number of benzene rings is 2. The Kier molecular flexibility index (Phi) is 4.24. The van der Waals surface area contributed by atoms with Gasteiger partial charge in [0, 0.05) is 24.2 Å². The fraction of sp³-hybridized carbons (Fsp3) is 0.158. The van der Waals surface area contributed by atoms with Crippen LogP contribution in [-0.2, 0) is 4.79 Å². The minimum absolute atomic E-state index is 0.106. The van der Waals surface area contributed by atoms with Crippen molar-refractivity contribution in [3.63, 3.8) is 0 Å². The van der Waals surface area contributed by atoms with Crippen LogP contribution in [0.25, 0.3) is 6.08 Å². The minimum Gasteiger partial charge on any atom is -0.508 e. The van der Waals surface area contributed by atoms with Crippen LogP contribution in [0.2, 0.25) is 0 Å². The summed E-state index contributed by atoms with van der Waals surface area (Å²) in [6, 6.07) is 13.8. The van der Waals surface area contributed by atoms with Gasteiger partial charge >= 0.3 is 0 Å². The molecule has 2 aromatic carbocycles. The highest BCUT2D eigenvalue weighted by atomic mass is 16.3. The summed E-state index contributed by atoms with van der Waals surface area (Å²) < 4.78 is 0. The monoisotopic (exact) mass is 307 g/mol. The summed E-state index contributed by atoms with van der Waals surface area (Å²) in [6.07, 6.45) is 4.63. The number of hydrogen-bond acceptors (Lipinski definition) is 3. The Bertz CT molecular complexity index is 762. The maximum atomic E-state index is 12.3. The first-order valence-electron chi connectivity index (χ1n) is 7.55. The third-order valence-electron chi connectivity index (χ3n) is 3.84. The van der Waals surface area contributed by atoms with Gasteiger partial charge in [-0.05, 0) is 42.3 Å². The summed E-state index contributed by atoms with van der Waals surface area (Å²) in [5.41, 5.74) is 2.16. The quantitative estimate of drug-likeness (QED) is 0.695. The number of hydrogen-bond donors (Lipinski definition) is 1. The third kappa shape index (κ3) is 3.48. The summed E-state index contributed by atoms with van der Waals surface area (Å²) in [5, 5.41) is 9.24. The lowest BCUT2D eigenvalue weighted by Crippen LogP contribution is -2.23. The fourth-order valence-corrected chi connectivity index (χ4v) is 2.60. The molecule has 0 radical (unpaired) electrons. The zero-order valence-electron chi connectivity index (χ0n) is 12.6. The van der Waals surface area contributed by atoms with Crippen LogP contribution in [0.4, 0.5) is 5.69 Å². The SMILES string of the molecule is O=C(/C=C/c1ccc(O)cc1)c1cccc(N2CCCC2=O)c1. The van der Waals surface area contributed by atoms with E-state index in [1.807, 2.05) is 6.07 Å². The number of ketones is 1. The second-order valence-corrected chi connectivity index (χ2v) is 5.49. The van der Waals surface area contributed by atoms with Crippen LogP contribution in [-0.4, -0.2) is 23.3 Å². The molecule has 1 heterocycles. The van der Waals surface area contributed by atoms with E-state index in [0.717, 1.165) is 17.7 Å². The van der Waals surface area contributed by atoms with Crippen LogP contribution in [0.1, 0.15) is 28.8 Å². The lowest BCUT2D eigenvalue weighted by molar-refractivity contribution is -0.117. The van der Waals surface area contributed by atoms with E-state index in [1.165, 1.54) is 6.08 Å². The van der Waals surface area contributed by atoms with Crippen molar-refractivity contribution in [3.8, 4) is 5.75 Å². The highest BCUT2D eigenvalue weighted by molar-refractivity contribution is 6.08. The Morgan fingerprint density at radius 3 is 2.61 bits per heavy atom. The predicted molar refractivity (Wildman–Crippen MR) is 89.5 cm³/mol. The average Bonchev–Trinajstić information content (AvgIpc) is 3.00. The Morgan fingerprint density at radius 1 is 1.13 bits per heavy atom. The Balaban J connectivity index is 1.77. The van der Waals surface area contributed by atoms with Gasteiger partial charge in [-0.25, -0.2) is 0 Å². The van der Waals surface area contributed by atoms with Crippen molar-refractivity contribution in [1.82, 2.24) is 0 Å². The highest BCUT2D eigenvalue weighted by Gasteiger charge is 2.21. The molecule has 1 aliphatic rings. The van der Waals surface area contributed by atoms with E-state index in [4.69, 9.17) is 0 Å². The van der Waals surface area contributed by atoms with Crippen LogP contribution in [0.5, 0.6) is 5.75 Å². The maximum absolute atomic E-state index is 12.3. The fourth-order valence-electron chi connectivity index (χ4n) is 2.60. The molecule has 116 valence electrons. The largest absolute Gasteiger partial charge is 0.508 e. The van der Waals surface area contributed by atoms with Gasteiger partial charge < -0.3 is 10.0 Å². The number of phenols is 1. The summed E-state index contributed by atoms with van der Waals surface area (Å²) >= 11 is 0. The molecule has 1 saturated heterocycles. The molecule has 4 nitrogen and oxygen atoms in total. The average molecular weight is 307 g/mol. The number of phenolic OH excluding ortho intramolecular Hbond substituents is 1. The molecule has 1 amide bonds. The smallest absolute Gasteiger partial charge is 0.227 e. The third-order valence-corrected chi connectivity index (χ3v) is 3.84. The van der Waals surface area contributed by atoms with Crippen LogP contribution < -0.4 is 4.90 Å². The van der Waals surface area contributed by atoms with Gasteiger partial charge in [0.1, 0.15) is 5.75 Å². The van der Waals surface area contributed by atoms with Gasteiger partial charge in [-0.15, -0.1) is 0 Å². The summed E-state index contributed by atoms with van der Waals surface area (Å²) in [6.45, 7) is 0.708. The van der Waals surface area contributed by atoms with Gasteiger partial charge in [-0.3, -0.25) is 9.59 Å².